The number of hydrogen-bond donors (Lipinski definition) is 1. The molecule has 1 atom stereocenters. The summed E-state index contributed by atoms with van der Waals surface area (Å²) in [7, 11) is 0. The average molecular weight is 512 g/mol. The lowest BCUT2D eigenvalue weighted by Gasteiger charge is -2.28. The van der Waals surface area contributed by atoms with Crippen LogP contribution in [0.5, 0.6) is 0 Å². The van der Waals surface area contributed by atoms with Gasteiger partial charge in [-0.2, -0.15) is 0 Å². The number of nitro benzene ring substituents is 1. The van der Waals surface area contributed by atoms with Crippen LogP contribution in [0.4, 0.5) is 17.1 Å². The lowest BCUT2D eigenvalue weighted by atomic mass is 10.2. The summed E-state index contributed by atoms with van der Waals surface area (Å²) in [6.45, 7) is 7.78. The summed E-state index contributed by atoms with van der Waals surface area (Å²) >= 11 is 1.26. The maximum atomic E-state index is 13.4. The smallest absolute Gasteiger partial charge is 0.293 e. The standard InChI is InChI=1S/C25H29N5O5S/c1-17-7-8-20(21(15-17)30(33)34)26-23(31)16-22-24(32)29(10-9-28-11-13-35-14-12-28)25(36-22)27-19-6-4-3-5-18(19)2/h3-8,15,22H,9-14,16H2,1-2H3,(H,26,31)/t22-/m1/s1. The molecule has 2 amide bonds. The van der Waals surface area contributed by atoms with Crippen LogP contribution in [0.15, 0.2) is 47.5 Å². The molecular formula is C25H29N5O5S. The Bertz CT molecular complexity index is 1180. The molecule has 2 saturated heterocycles. The minimum absolute atomic E-state index is 0.115. The van der Waals surface area contributed by atoms with Crippen molar-refractivity contribution in [2.45, 2.75) is 25.5 Å². The van der Waals surface area contributed by atoms with Gasteiger partial charge in [0.05, 0.1) is 23.8 Å². The van der Waals surface area contributed by atoms with Crippen LogP contribution in [0.2, 0.25) is 0 Å². The molecule has 0 radical (unpaired) electrons. The summed E-state index contributed by atoms with van der Waals surface area (Å²) in [5.41, 5.74) is 2.41. The van der Waals surface area contributed by atoms with Crippen LogP contribution < -0.4 is 5.32 Å². The molecule has 2 aromatic carbocycles. The Morgan fingerprint density at radius 3 is 2.67 bits per heavy atom. The molecule has 0 unspecified atom stereocenters. The van der Waals surface area contributed by atoms with Crippen LogP contribution in [0.3, 0.4) is 0 Å². The number of hydrogen-bond acceptors (Lipinski definition) is 8. The van der Waals surface area contributed by atoms with Gasteiger partial charge in [-0.15, -0.1) is 0 Å². The number of nitro groups is 1. The molecular weight excluding hydrogens is 482 g/mol. The number of amidine groups is 1. The fraction of sp³-hybridized carbons (Fsp3) is 0.400. The van der Waals surface area contributed by atoms with E-state index in [1.54, 1.807) is 17.9 Å². The fourth-order valence-electron chi connectivity index (χ4n) is 4.06. The molecule has 2 aliphatic rings. The first kappa shape index (κ1) is 25.8. The zero-order valence-electron chi connectivity index (χ0n) is 20.3. The van der Waals surface area contributed by atoms with Crippen molar-refractivity contribution in [1.29, 1.82) is 0 Å². The zero-order valence-corrected chi connectivity index (χ0v) is 21.1. The lowest BCUT2D eigenvalue weighted by Crippen LogP contribution is -2.43. The highest BCUT2D eigenvalue weighted by atomic mass is 32.2. The van der Waals surface area contributed by atoms with Crippen molar-refractivity contribution in [1.82, 2.24) is 9.80 Å². The van der Waals surface area contributed by atoms with Crippen molar-refractivity contribution < 1.29 is 19.2 Å². The maximum Gasteiger partial charge on any atom is 0.293 e. The number of para-hydroxylation sites is 1. The Hall–Kier alpha value is -3.28. The molecule has 2 aliphatic heterocycles. The van der Waals surface area contributed by atoms with E-state index in [0.29, 0.717) is 37.0 Å². The van der Waals surface area contributed by atoms with Gasteiger partial charge in [-0.3, -0.25) is 29.5 Å². The van der Waals surface area contributed by atoms with Crippen LogP contribution in [0.1, 0.15) is 17.5 Å². The second-order valence-corrected chi connectivity index (χ2v) is 9.93. The molecule has 10 nitrogen and oxygen atoms in total. The number of amides is 2. The van der Waals surface area contributed by atoms with Gasteiger partial charge in [0.25, 0.3) is 5.69 Å². The lowest BCUT2D eigenvalue weighted by molar-refractivity contribution is -0.384. The van der Waals surface area contributed by atoms with Crippen molar-refractivity contribution >= 4 is 45.8 Å². The number of aryl methyl sites for hydroxylation is 2. The largest absolute Gasteiger partial charge is 0.379 e. The van der Waals surface area contributed by atoms with E-state index in [1.165, 1.54) is 23.9 Å². The molecule has 36 heavy (non-hydrogen) atoms. The maximum absolute atomic E-state index is 13.4. The minimum atomic E-state index is -0.665. The minimum Gasteiger partial charge on any atom is -0.379 e. The van der Waals surface area contributed by atoms with Gasteiger partial charge in [0, 0.05) is 38.7 Å². The number of morpholine rings is 1. The van der Waals surface area contributed by atoms with Gasteiger partial charge >= 0.3 is 0 Å². The average Bonchev–Trinajstić information content (AvgIpc) is 3.14. The second-order valence-electron chi connectivity index (χ2n) is 8.76. The Kier molecular flexibility index (Phi) is 8.34. The summed E-state index contributed by atoms with van der Waals surface area (Å²) in [6.07, 6.45) is -0.116. The van der Waals surface area contributed by atoms with Crippen LogP contribution in [-0.2, 0) is 14.3 Å². The molecule has 11 heteroatoms. The molecule has 0 aliphatic carbocycles. The number of rotatable bonds is 8. The van der Waals surface area contributed by atoms with Crippen LogP contribution in [-0.4, -0.2) is 76.3 Å². The normalized spacial score (nSPS) is 19.6. The van der Waals surface area contributed by atoms with Gasteiger partial charge in [-0.05, 0) is 37.1 Å². The fourth-order valence-corrected chi connectivity index (χ4v) is 5.23. The number of anilines is 1. The molecule has 2 heterocycles. The van der Waals surface area contributed by atoms with Crippen molar-refractivity contribution in [3.63, 3.8) is 0 Å². The Morgan fingerprint density at radius 1 is 1.19 bits per heavy atom. The topological polar surface area (TPSA) is 117 Å². The quantitative estimate of drug-likeness (QED) is 0.426. The first-order valence-electron chi connectivity index (χ1n) is 11.8. The summed E-state index contributed by atoms with van der Waals surface area (Å²) in [5, 5.41) is 13.9. The first-order chi connectivity index (χ1) is 17.3. The van der Waals surface area contributed by atoms with Crippen molar-refractivity contribution in [3.8, 4) is 0 Å². The molecule has 2 aromatic rings. The van der Waals surface area contributed by atoms with E-state index in [1.807, 2.05) is 31.2 Å². The SMILES string of the molecule is Cc1ccc(NC(=O)C[C@H]2SC(=Nc3ccccc3C)N(CCN3CCOCC3)C2=O)c([N+](=O)[O-])c1. The van der Waals surface area contributed by atoms with Gasteiger partial charge in [0.15, 0.2) is 5.17 Å². The first-order valence-corrected chi connectivity index (χ1v) is 12.7. The highest BCUT2D eigenvalue weighted by Gasteiger charge is 2.39. The van der Waals surface area contributed by atoms with Crippen molar-refractivity contribution in [2.24, 2.45) is 4.99 Å². The third kappa shape index (κ3) is 6.28. The van der Waals surface area contributed by atoms with E-state index in [2.05, 4.69) is 10.2 Å². The van der Waals surface area contributed by atoms with E-state index in [-0.39, 0.29) is 23.7 Å². The summed E-state index contributed by atoms with van der Waals surface area (Å²) in [5.74, 6) is -0.646. The third-order valence-electron chi connectivity index (χ3n) is 6.09. The second kappa shape index (κ2) is 11.6. The molecule has 0 aromatic heterocycles. The van der Waals surface area contributed by atoms with Crippen LogP contribution in [0, 0.1) is 24.0 Å². The van der Waals surface area contributed by atoms with Gasteiger partial charge in [0.1, 0.15) is 10.9 Å². The highest BCUT2D eigenvalue weighted by Crippen LogP contribution is 2.33. The van der Waals surface area contributed by atoms with E-state index >= 15 is 0 Å². The van der Waals surface area contributed by atoms with E-state index in [0.717, 1.165) is 24.3 Å². The number of carbonyl (C=O) groups excluding carboxylic acids is 2. The van der Waals surface area contributed by atoms with Gasteiger partial charge < -0.3 is 10.1 Å². The van der Waals surface area contributed by atoms with Crippen molar-refractivity contribution in [2.75, 3.05) is 44.7 Å². The molecule has 0 spiro atoms. The monoisotopic (exact) mass is 511 g/mol. The molecule has 0 bridgehead atoms. The highest BCUT2D eigenvalue weighted by molar-refractivity contribution is 8.15. The van der Waals surface area contributed by atoms with E-state index in [9.17, 15) is 19.7 Å². The number of nitrogens with zero attached hydrogens (tertiary/aromatic N) is 4. The number of thioether (sulfide) groups is 1. The summed E-state index contributed by atoms with van der Waals surface area (Å²) < 4.78 is 5.41. The Morgan fingerprint density at radius 2 is 1.94 bits per heavy atom. The van der Waals surface area contributed by atoms with Gasteiger partial charge in [-0.1, -0.05) is 36.0 Å². The number of carbonyl (C=O) groups is 2. The number of aliphatic imine (C=N–C) groups is 1. The summed E-state index contributed by atoms with van der Waals surface area (Å²) in [4.78, 5) is 45.7. The Labute approximate surface area is 213 Å². The molecule has 190 valence electrons. The van der Waals surface area contributed by atoms with Gasteiger partial charge in [0.2, 0.25) is 11.8 Å². The van der Waals surface area contributed by atoms with Crippen molar-refractivity contribution in [3.05, 3.63) is 63.7 Å². The number of nitrogens with one attached hydrogen (secondary N) is 1. The number of ether oxygens (including phenoxy) is 1. The molecule has 1 N–H and O–H groups in total. The third-order valence-corrected chi connectivity index (χ3v) is 7.27. The van der Waals surface area contributed by atoms with E-state index in [4.69, 9.17) is 9.73 Å². The molecule has 2 fully saturated rings. The molecule has 0 saturated carbocycles. The Balaban J connectivity index is 1.50. The zero-order chi connectivity index (χ0) is 25.7. The van der Waals surface area contributed by atoms with Gasteiger partial charge in [-0.25, -0.2) is 4.99 Å². The molecule has 4 rings (SSSR count). The van der Waals surface area contributed by atoms with Crippen LogP contribution >= 0.6 is 11.8 Å². The van der Waals surface area contributed by atoms with E-state index < -0.39 is 16.1 Å². The van der Waals surface area contributed by atoms with Crippen LogP contribution in [0.25, 0.3) is 0 Å². The number of benzene rings is 2. The summed E-state index contributed by atoms with van der Waals surface area (Å²) in [6, 6.07) is 12.3. The predicted octanol–water partition coefficient (Wildman–Crippen LogP) is 3.50. The predicted molar refractivity (Wildman–Crippen MR) is 140 cm³/mol.